The molecule has 3 aromatic rings. The van der Waals surface area contributed by atoms with Gasteiger partial charge in [-0.1, -0.05) is 54.6 Å². The maximum atomic E-state index is 14.3. The van der Waals surface area contributed by atoms with Gasteiger partial charge in [-0.25, -0.2) is 4.39 Å². The minimum absolute atomic E-state index is 0.255. The van der Waals surface area contributed by atoms with E-state index in [1.165, 1.54) is 0 Å². The highest BCUT2D eigenvalue weighted by Crippen LogP contribution is 2.26. The smallest absolute Gasteiger partial charge is 0.157 e. The molecule has 0 aliphatic carbocycles. The summed E-state index contributed by atoms with van der Waals surface area (Å²) in [6, 6.07) is 16.7. The van der Waals surface area contributed by atoms with Crippen molar-refractivity contribution in [1.82, 2.24) is 4.98 Å². The van der Waals surface area contributed by atoms with Crippen LogP contribution in [0.2, 0.25) is 0 Å². The third-order valence-corrected chi connectivity index (χ3v) is 2.79. The molecule has 0 fully saturated rings. The average molecular weight is 223 g/mol. The summed E-state index contributed by atoms with van der Waals surface area (Å²) in [6.07, 6.45) is 1.71. The molecule has 0 saturated heterocycles. The van der Waals surface area contributed by atoms with Crippen molar-refractivity contribution in [2.75, 3.05) is 0 Å². The van der Waals surface area contributed by atoms with Gasteiger partial charge in [-0.2, -0.15) is 0 Å². The highest BCUT2D eigenvalue weighted by atomic mass is 19.1. The van der Waals surface area contributed by atoms with Crippen LogP contribution in [0.25, 0.3) is 22.0 Å². The Balaban J connectivity index is 2.29. The second-order valence-electron chi connectivity index (χ2n) is 3.87. The first kappa shape index (κ1) is 9.97. The van der Waals surface area contributed by atoms with Gasteiger partial charge in [-0.05, 0) is 0 Å². The van der Waals surface area contributed by atoms with E-state index in [4.69, 9.17) is 0 Å². The number of hydrogen-bond donors (Lipinski definition) is 0. The van der Waals surface area contributed by atoms with Gasteiger partial charge in [0, 0.05) is 22.5 Å². The predicted octanol–water partition coefficient (Wildman–Crippen LogP) is 4.04. The first-order valence-electron chi connectivity index (χ1n) is 5.45. The molecule has 0 saturated carbocycles. The number of rotatable bonds is 1. The van der Waals surface area contributed by atoms with Gasteiger partial charge in [0.25, 0.3) is 0 Å². The van der Waals surface area contributed by atoms with Crippen molar-refractivity contribution < 1.29 is 4.39 Å². The molecule has 17 heavy (non-hydrogen) atoms. The second kappa shape index (κ2) is 3.98. The van der Waals surface area contributed by atoms with Crippen LogP contribution in [0.3, 0.4) is 0 Å². The van der Waals surface area contributed by atoms with Crippen LogP contribution >= 0.6 is 0 Å². The fourth-order valence-corrected chi connectivity index (χ4v) is 1.93. The van der Waals surface area contributed by atoms with Crippen molar-refractivity contribution in [3.63, 3.8) is 0 Å². The van der Waals surface area contributed by atoms with E-state index in [1.807, 2.05) is 48.5 Å². The molecule has 3 rings (SSSR count). The number of nitrogens with zero attached hydrogens (tertiary/aromatic N) is 1. The van der Waals surface area contributed by atoms with E-state index < -0.39 is 0 Å². The van der Waals surface area contributed by atoms with E-state index in [0.29, 0.717) is 11.1 Å². The zero-order valence-electron chi connectivity index (χ0n) is 9.10. The molecule has 2 aromatic carbocycles. The van der Waals surface area contributed by atoms with E-state index in [2.05, 4.69) is 4.98 Å². The Morgan fingerprint density at radius 3 is 2.35 bits per heavy atom. The van der Waals surface area contributed by atoms with Gasteiger partial charge >= 0.3 is 0 Å². The van der Waals surface area contributed by atoms with Crippen LogP contribution in [0.1, 0.15) is 0 Å². The van der Waals surface area contributed by atoms with Crippen molar-refractivity contribution in [3.05, 3.63) is 66.6 Å². The Kier molecular flexibility index (Phi) is 2.33. The molecule has 1 aromatic heterocycles. The standard InChI is InChI=1S/C15H10FN/c16-14-13-9-5-4-8-12(13)10-17-15(14)11-6-2-1-3-7-11/h1-10H. The van der Waals surface area contributed by atoms with E-state index >= 15 is 0 Å². The normalized spacial score (nSPS) is 10.6. The van der Waals surface area contributed by atoms with Crippen LogP contribution in [0.5, 0.6) is 0 Å². The minimum atomic E-state index is -0.255. The fourth-order valence-electron chi connectivity index (χ4n) is 1.93. The monoisotopic (exact) mass is 223 g/mol. The molecule has 1 nitrogen and oxygen atoms in total. The third kappa shape index (κ3) is 1.68. The van der Waals surface area contributed by atoms with Gasteiger partial charge in [0.1, 0.15) is 5.69 Å². The van der Waals surface area contributed by atoms with Gasteiger partial charge in [0.05, 0.1) is 0 Å². The molecule has 0 spiro atoms. The number of hydrogen-bond acceptors (Lipinski definition) is 1. The van der Waals surface area contributed by atoms with E-state index in [0.717, 1.165) is 10.9 Å². The third-order valence-electron chi connectivity index (χ3n) is 2.79. The lowest BCUT2D eigenvalue weighted by Crippen LogP contribution is -1.90. The molecule has 0 N–H and O–H groups in total. The van der Waals surface area contributed by atoms with Crippen molar-refractivity contribution in [1.29, 1.82) is 0 Å². The van der Waals surface area contributed by atoms with Gasteiger partial charge < -0.3 is 0 Å². The van der Waals surface area contributed by atoms with E-state index in [1.54, 1.807) is 12.3 Å². The summed E-state index contributed by atoms with van der Waals surface area (Å²) in [6.45, 7) is 0. The first-order chi connectivity index (χ1) is 8.36. The highest BCUT2D eigenvalue weighted by Gasteiger charge is 2.09. The summed E-state index contributed by atoms with van der Waals surface area (Å²) >= 11 is 0. The number of aromatic nitrogens is 1. The van der Waals surface area contributed by atoms with Gasteiger partial charge in [-0.15, -0.1) is 0 Å². The molecule has 0 radical (unpaired) electrons. The van der Waals surface area contributed by atoms with Crippen molar-refractivity contribution >= 4 is 10.8 Å². The van der Waals surface area contributed by atoms with Gasteiger partial charge in [0.2, 0.25) is 0 Å². The van der Waals surface area contributed by atoms with Crippen LogP contribution < -0.4 is 0 Å². The Morgan fingerprint density at radius 1 is 0.824 bits per heavy atom. The summed E-state index contributed by atoms with van der Waals surface area (Å²) in [5, 5.41) is 1.44. The van der Waals surface area contributed by atoms with Crippen LogP contribution in [-0.4, -0.2) is 4.98 Å². The molecule has 0 aliphatic rings. The van der Waals surface area contributed by atoms with Gasteiger partial charge in [-0.3, -0.25) is 4.98 Å². The maximum absolute atomic E-state index is 14.3. The maximum Gasteiger partial charge on any atom is 0.157 e. The first-order valence-corrected chi connectivity index (χ1v) is 5.45. The number of halogens is 1. The number of pyridine rings is 1. The van der Waals surface area contributed by atoms with Crippen LogP contribution in [0.4, 0.5) is 4.39 Å². The summed E-state index contributed by atoms with van der Waals surface area (Å²) in [7, 11) is 0. The molecule has 0 bridgehead atoms. The van der Waals surface area contributed by atoms with Crippen LogP contribution in [-0.2, 0) is 0 Å². The lowest BCUT2D eigenvalue weighted by atomic mass is 10.1. The quantitative estimate of drug-likeness (QED) is 0.606. The predicted molar refractivity (Wildman–Crippen MR) is 67.1 cm³/mol. The fraction of sp³-hybridized carbons (Fsp3) is 0. The second-order valence-corrected chi connectivity index (χ2v) is 3.87. The van der Waals surface area contributed by atoms with Crippen molar-refractivity contribution in [3.8, 4) is 11.3 Å². The lowest BCUT2D eigenvalue weighted by molar-refractivity contribution is 0.638. The Hall–Kier alpha value is -2.22. The summed E-state index contributed by atoms with van der Waals surface area (Å²) in [5.74, 6) is -0.255. The Morgan fingerprint density at radius 2 is 1.53 bits per heavy atom. The lowest BCUT2D eigenvalue weighted by Gasteiger charge is -2.05. The van der Waals surface area contributed by atoms with Crippen molar-refractivity contribution in [2.45, 2.75) is 0 Å². The number of benzene rings is 2. The zero-order chi connectivity index (χ0) is 11.7. The summed E-state index contributed by atoms with van der Waals surface area (Å²) < 4.78 is 14.3. The molecule has 82 valence electrons. The largest absolute Gasteiger partial charge is 0.252 e. The minimum Gasteiger partial charge on any atom is -0.252 e. The van der Waals surface area contributed by atoms with Crippen LogP contribution in [0, 0.1) is 5.82 Å². The average Bonchev–Trinajstić information content (AvgIpc) is 2.40. The summed E-state index contributed by atoms with van der Waals surface area (Å²) in [5.41, 5.74) is 1.21. The topological polar surface area (TPSA) is 12.9 Å². The molecular weight excluding hydrogens is 213 g/mol. The molecule has 1 heterocycles. The van der Waals surface area contributed by atoms with Crippen LogP contribution in [0.15, 0.2) is 60.8 Å². The molecular formula is C15H10FN. The number of fused-ring (bicyclic) bond motifs is 1. The van der Waals surface area contributed by atoms with E-state index in [-0.39, 0.29) is 5.82 Å². The molecule has 0 aliphatic heterocycles. The Bertz CT molecular complexity index is 662. The molecule has 2 heteroatoms. The molecule has 0 atom stereocenters. The Labute approximate surface area is 98.6 Å². The molecule has 0 unspecified atom stereocenters. The summed E-state index contributed by atoms with van der Waals surface area (Å²) in [4.78, 5) is 4.20. The van der Waals surface area contributed by atoms with E-state index in [9.17, 15) is 4.39 Å². The highest BCUT2D eigenvalue weighted by molar-refractivity contribution is 5.85. The van der Waals surface area contributed by atoms with Crippen molar-refractivity contribution in [2.24, 2.45) is 0 Å². The zero-order valence-corrected chi connectivity index (χ0v) is 9.10. The van der Waals surface area contributed by atoms with Gasteiger partial charge in [0.15, 0.2) is 5.82 Å². The molecule has 0 amide bonds. The SMILES string of the molecule is Fc1c(-c2ccccc2)ncc2ccccc12.